The third-order valence-electron chi connectivity index (χ3n) is 1.52. The lowest BCUT2D eigenvalue weighted by Gasteiger charge is -2.09. The number of thioether (sulfide) groups is 1. The zero-order chi connectivity index (χ0) is 10.2. The Morgan fingerprint density at radius 1 is 1.36 bits per heavy atom. The van der Waals surface area contributed by atoms with Crippen molar-refractivity contribution >= 4 is 34.0 Å². The highest BCUT2D eigenvalue weighted by Gasteiger charge is 1.94. The average Bonchev–Trinajstić information content (AvgIpc) is 2.25. The van der Waals surface area contributed by atoms with Crippen LogP contribution in [0.3, 0.4) is 0 Å². The number of hydrogen-bond acceptors (Lipinski definition) is 3. The van der Waals surface area contributed by atoms with E-state index in [1.165, 1.54) is 0 Å². The van der Waals surface area contributed by atoms with Crippen LogP contribution in [0.15, 0.2) is 30.3 Å². The van der Waals surface area contributed by atoms with Crippen LogP contribution in [0.5, 0.6) is 0 Å². The number of anilines is 1. The van der Waals surface area contributed by atoms with Crippen molar-refractivity contribution in [2.75, 3.05) is 11.2 Å². The van der Waals surface area contributed by atoms with Gasteiger partial charge in [0.1, 0.15) is 0 Å². The molecule has 76 valence electrons. The van der Waals surface area contributed by atoms with Crippen LogP contribution in [0.2, 0.25) is 0 Å². The monoisotopic (exact) mass is 226 g/mol. The lowest BCUT2D eigenvalue weighted by molar-refractivity contribution is 1.11. The topological polar surface area (TPSA) is 24.1 Å². The lowest BCUT2D eigenvalue weighted by atomic mass is 10.3. The summed E-state index contributed by atoms with van der Waals surface area (Å²) in [4.78, 5) is 0. The predicted molar refractivity (Wildman–Crippen MR) is 68.5 cm³/mol. The van der Waals surface area contributed by atoms with Gasteiger partial charge in [-0.1, -0.05) is 49.1 Å². The number of hydrogen-bond donors (Lipinski definition) is 2. The van der Waals surface area contributed by atoms with Crippen LogP contribution >= 0.6 is 24.0 Å². The molecule has 0 aromatic heterocycles. The fourth-order valence-electron chi connectivity index (χ4n) is 0.876. The molecule has 0 spiro atoms. The Morgan fingerprint density at radius 2 is 2.07 bits per heavy atom. The highest BCUT2D eigenvalue weighted by atomic mass is 32.2. The van der Waals surface area contributed by atoms with Gasteiger partial charge in [-0.2, -0.15) is 0 Å². The van der Waals surface area contributed by atoms with E-state index in [2.05, 4.69) is 17.8 Å². The molecule has 2 nitrogen and oxygen atoms in total. The number of hydrazine groups is 1. The molecule has 0 fully saturated rings. The summed E-state index contributed by atoms with van der Waals surface area (Å²) in [6.07, 6.45) is 1.14. The number of nitrogens with one attached hydrogen (secondary N) is 2. The third-order valence-corrected chi connectivity index (χ3v) is 2.95. The minimum absolute atomic E-state index is 0.788. The minimum atomic E-state index is 0.788. The maximum absolute atomic E-state index is 5.11. The van der Waals surface area contributed by atoms with Gasteiger partial charge < -0.3 is 0 Å². The second-order valence-electron chi connectivity index (χ2n) is 2.75. The molecule has 1 aromatic rings. The molecule has 0 aliphatic rings. The van der Waals surface area contributed by atoms with Gasteiger partial charge in [0.05, 0.1) is 5.69 Å². The number of benzene rings is 1. The molecule has 1 rings (SSSR count). The fourth-order valence-corrected chi connectivity index (χ4v) is 1.69. The SMILES string of the molecule is CCCSC(=S)NNc1ccccc1. The third kappa shape index (κ3) is 4.48. The molecule has 0 aliphatic carbocycles. The molecular weight excluding hydrogens is 212 g/mol. The maximum Gasteiger partial charge on any atom is 0.152 e. The van der Waals surface area contributed by atoms with E-state index in [9.17, 15) is 0 Å². The first-order valence-corrected chi connectivity index (χ1v) is 5.96. The Hall–Kier alpha value is -0.740. The van der Waals surface area contributed by atoms with Crippen molar-refractivity contribution in [1.82, 2.24) is 5.43 Å². The van der Waals surface area contributed by atoms with Crippen molar-refractivity contribution in [3.8, 4) is 0 Å². The molecule has 0 atom stereocenters. The molecule has 0 heterocycles. The molecule has 1 aromatic carbocycles. The Labute approximate surface area is 94.4 Å². The van der Waals surface area contributed by atoms with E-state index in [-0.39, 0.29) is 0 Å². The largest absolute Gasteiger partial charge is 0.300 e. The van der Waals surface area contributed by atoms with Gasteiger partial charge in [0.25, 0.3) is 0 Å². The number of rotatable bonds is 4. The van der Waals surface area contributed by atoms with Crippen molar-refractivity contribution in [3.63, 3.8) is 0 Å². The van der Waals surface area contributed by atoms with Gasteiger partial charge in [0.15, 0.2) is 4.32 Å². The smallest absolute Gasteiger partial charge is 0.152 e. The molecule has 0 saturated heterocycles. The summed E-state index contributed by atoms with van der Waals surface area (Å²) in [5.41, 5.74) is 7.04. The standard InChI is InChI=1S/C10H14N2S2/c1-2-8-14-10(13)12-11-9-6-4-3-5-7-9/h3-7,11H,2,8H2,1H3,(H,12,13). The second kappa shape index (κ2) is 6.68. The Morgan fingerprint density at radius 3 is 2.71 bits per heavy atom. The van der Waals surface area contributed by atoms with Crippen LogP contribution in [0.4, 0.5) is 5.69 Å². The van der Waals surface area contributed by atoms with Gasteiger partial charge in [-0.05, 0) is 18.6 Å². The molecule has 14 heavy (non-hydrogen) atoms. The number of para-hydroxylation sites is 1. The van der Waals surface area contributed by atoms with Gasteiger partial charge in [-0.3, -0.25) is 10.9 Å². The zero-order valence-corrected chi connectivity index (χ0v) is 9.75. The van der Waals surface area contributed by atoms with Gasteiger partial charge in [-0.15, -0.1) is 0 Å². The molecule has 0 bridgehead atoms. The molecule has 0 radical (unpaired) electrons. The highest BCUT2D eigenvalue weighted by molar-refractivity contribution is 8.22. The van der Waals surface area contributed by atoms with E-state index in [1.54, 1.807) is 11.8 Å². The first-order chi connectivity index (χ1) is 6.83. The summed E-state index contributed by atoms with van der Waals surface area (Å²) in [6, 6.07) is 9.91. The first-order valence-electron chi connectivity index (χ1n) is 4.56. The van der Waals surface area contributed by atoms with E-state index in [4.69, 9.17) is 12.2 Å². The van der Waals surface area contributed by atoms with Gasteiger partial charge in [0, 0.05) is 5.75 Å². The van der Waals surface area contributed by atoms with E-state index in [0.717, 1.165) is 22.2 Å². The first kappa shape index (κ1) is 11.3. The van der Waals surface area contributed by atoms with E-state index in [1.807, 2.05) is 30.3 Å². The van der Waals surface area contributed by atoms with Crippen molar-refractivity contribution in [2.24, 2.45) is 0 Å². The predicted octanol–water partition coefficient (Wildman–Crippen LogP) is 3.03. The van der Waals surface area contributed by atoms with Crippen LogP contribution < -0.4 is 10.9 Å². The van der Waals surface area contributed by atoms with Crippen molar-refractivity contribution in [2.45, 2.75) is 13.3 Å². The average molecular weight is 226 g/mol. The van der Waals surface area contributed by atoms with Crippen LogP contribution in [-0.2, 0) is 0 Å². The molecular formula is C10H14N2S2. The van der Waals surface area contributed by atoms with Crippen LogP contribution in [0.25, 0.3) is 0 Å². The Kier molecular flexibility index (Phi) is 5.40. The lowest BCUT2D eigenvalue weighted by Crippen LogP contribution is -2.25. The van der Waals surface area contributed by atoms with E-state index < -0.39 is 0 Å². The van der Waals surface area contributed by atoms with Crippen LogP contribution in [0.1, 0.15) is 13.3 Å². The van der Waals surface area contributed by atoms with E-state index >= 15 is 0 Å². The van der Waals surface area contributed by atoms with Gasteiger partial charge >= 0.3 is 0 Å². The molecule has 4 heteroatoms. The summed E-state index contributed by atoms with van der Waals surface area (Å²) in [5.74, 6) is 1.06. The summed E-state index contributed by atoms with van der Waals surface area (Å²) in [5, 5.41) is 0. The Balaban J connectivity index is 2.24. The molecule has 2 N–H and O–H groups in total. The van der Waals surface area contributed by atoms with Gasteiger partial charge in [0.2, 0.25) is 0 Å². The molecule has 0 saturated carbocycles. The molecule has 0 aliphatic heterocycles. The quantitative estimate of drug-likeness (QED) is 0.609. The Bertz CT molecular complexity index is 275. The summed E-state index contributed by atoms with van der Waals surface area (Å²) < 4.78 is 0.788. The fraction of sp³-hybridized carbons (Fsp3) is 0.300. The summed E-state index contributed by atoms with van der Waals surface area (Å²) in [6.45, 7) is 2.14. The highest BCUT2D eigenvalue weighted by Crippen LogP contribution is 2.06. The molecule has 0 amide bonds. The van der Waals surface area contributed by atoms with Crippen molar-refractivity contribution in [3.05, 3.63) is 30.3 Å². The van der Waals surface area contributed by atoms with Crippen molar-refractivity contribution in [1.29, 1.82) is 0 Å². The van der Waals surface area contributed by atoms with Crippen LogP contribution in [0, 0.1) is 0 Å². The van der Waals surface area contributed by atoms with Crippen molar-refractivity contribution < 1.29 is 0 Å². The van der Waals surface area contributed by atoms with Gasteiger partial charge in [-0.25, -0.2) is 0 Å². The number of thiocarbonyl (C=S) groups is 1. The summed E-state index contributed by atoms with van der Waals surface area (Å²) >= 11 is 6.76. The summed E-state index contributed by atoms with van der Waals surface area (Å²) in [7, 11) is 0. The normalized spacial score (nSPS) is 9.50. The van der Waals surface area contributed by atoms with E-state index in [0.29, 0.717) is 0 Å². The molecule has 0 unspecified atom stereocenters. The zero-order valence-electron chi connectivity index (χ0n) is 8.12. The minimum Gasteiger partial charge on any atom is -0.300 e. The van der Waals surface area contributed by atoms with Crippen LogP contribution in [-0.4, -0.2) is 10.1 Å². The second-order valence-corrected chi connectivity index (χ2v) is 4.52. The maximum atomic E-state index is 5.11.